The van der Waals surface area contributed by atoms with Crippen molar-refractivity contribution < 1.29 is 33.0 Å². The molecule has 13 heteroatoms. The van der Waals surface area contributed by atoms with Gasteiger partial charge in [0, 0.05) is 0 Å². The van der Waals surface area contributed by atoms with Gasteiger partial charge in [-0.2, -0.15) is 4.31 Å². The third-order valence-corrected chi connectivity index (χ3v) is 1.91. The molecule has 0 aliphatic carbocycles. The molecule has 0 saturated heterocycles. The first-order chi connectivity index (χ1) is 3.71. The third-order valence-electron chi connectivity index (χ3n) is 0.213. The van der Waals surface area contributed by atoms with E-state index in [9.17, 15) is 9.13 Å². The van der Waals surface area contributed by atoms with Gasteiger partial charge in [-0.3, -0.25) is 0 Å². The molecule has 13 heavy (non-hydrogen) atoms. The standard InChI is InChI=1S/2Ca.2Mg.H4O7P2.8H/c;;;;1-8(2,3)7-9(4,5)6;;;;;;;;/h;;;;(H2,1,2,3)(H2,4,5,6);;;;;;;;. The van der Waals surface area contributed by atoms with Crippen molar-refractivity contribution in [1.82, 2.24) is 0 Å². The molecule has 0 spiro atoms. The number of hydrogen-bond acceptors (Lipinski definition) is 3. The van der Waals surface area contributed by atoms with Gasteiger partial charge in [0.25, 0.3) is 0 Å². The summed E-state index contributed by atoms with van der Waals surface area (Å²) in [7, 11) is -10.1. The fourth-order valence-electron chi connectivity index (χ4n) is 0.139. The second-order valence-corrected chi connectivity index (χ2v) is 3.68. The van der Waals surface area contributed by atoms with Gasteiger partial charge >= 0.3 is 137 Å². The van der Waals surface area contributed by atoms with E-state index in [2.05, 4.69) is 4.31 Å². The fourth-order valence-corrected chi connectivity index (χ4v) is 1.25. The summed E-state index contributed by atoms with van der Waals surface area (Å²) in [5.41, 5.74) is 0. The zero-order valence-electron chi connectivity index (χ0n) is 3.91. The maximum absolute atomic E-state index is 9.63. The predicted molar refractivity (Wildman–Crippen MR) is 59.3 cm³/mol. The number of hydrogen-bond donors (Lipinski definition) is 4. The normalized spacial score (nSPS) is 9.54. The molecule has 0 rings (SSSR count). The summed E-state index contributed by atoms with van der Waals surface area (Å²) in [5, 5.41) is 0. The first-order valence-electron chi connectivity index (χ1n) is 1.53. The summed E-state index contributed by atoms with van der Waals surface area (Å²) in [4.78, 5) is 31.0. The topological polar surface area (TPSA) is 124 Å². The average molecular weight is 315 g/mol. The summed E-state index contributed by atoms with van der Waals surface area (Å²) in [6.45, 7) is 0. The van der Waals surface area contributed by atoms with Crippen LogP contribution in [0.25, 0.3) is 0 Å². The Hall–Kier alpha value is 4.31. The Bertz CT molecular complexity index is 163. The molecule has 0 amide bonds. The summed E-state index contributed by atoms with van der Waals surface area (Å²) in [6, 6.07) is 0. The molecular formula is H12Ca2Mg2O7P2. The zero-order valence-corrected chi connectivity index (χ0v) is 5.70. The Morgan fingerprint density at radius 2 is 0.923 bits per heavy atom. The van der Waals surface area contributed by atoms with Crippen LogP contribution < -0.4 is 0 Å². The van der Waals surface area contributed by atoms with Gasteiger partial charge in [0.1, 0.15) is 0 Å². The molecule has 0 radical (unpaired) electrons. The Labute approximate surface area is 167 Å². The van der Waals surface area contributed by atoms with Crippen LogP contribution in [-0.2, 0) is 13.4 Å². The van der Waals surface area contributed by atoms with Gasteiger partial charge in [-0.1, -0.05) is 0 Å². The van der Waals surface area contributed by atoms with Crippen LogP contribution in [0.5, 0.6) is 0 Å². The van der Waals surface area contributed by atoms with E-state index < -0.39 is 15.6 Å². The van der Waals surface area contributed by atoms with E-state index in [1.165, 1.54) is 0 Å². The molecule has 0 aliphatic rings. The molecule has 0 bridgehead atoms. The van der Waals surface area contributed by atoms with Gasteiger partial charge in [0.15, 0.2) is 0 Å². The van der Waals surface area contributed by atoms with Crippen molar-refractivity contribution in [2.45, 2.75) is 0 Å². The molecular weight excluding hydrogens is 303 g/mol. The molecule has 0 saturated carbocycles. The quantitative estimate of drug-likeness (QED) is 0.299. The SMILES string of the molecule is O=P(O)(O)OP(=O)(O)O.[CaH2].[CaH2].[MgH2].[MgH2]. The summed E-state index contributed by atoms with van der Waals surface area (Å²) in [6.07, 6.45) is 0. The summed E-state index contributed by atoms with van der Waals surface area (Å²) in [5.74, 6) is 0. The maximum atomic E-state index is 9.63. The Morgan fingerprint density at radius 3 is 0.923 bits per heavy atom. The van der Waals surface area contributed by atoms with Crippen molar-refractivity contribution in [3.63, 3.8) is 0 Å². The van der Waals surface area contributed by atoms with Crippen LogP contribution >= 0.6 is 15.6 Å². The van der Waals surface area contributed by atoms with Crippen LogP contribution in [0.15, 0.2) is 0 Å². The maximum Gasteiger partial charge on any atom is 0.316 e. The van der Waals surface area contributed by atoms with Gasteiger partial charge < -0.3 is 19.6 Å². The van der Waals surface area contributed by atoms with Crippen molar-refractivity contribution in [1.29, 1.82) is 0 Å². The first-order valence-corrected chi connectivity index (χ1v) is 4.59. The second-order valence-electron chi connectivity index (χ2n) is 1.06. The van der Waals surface area contributed by atoms with Gasteiger partial charge in [-0.05, 0) is 0 Å². The molecule has 0 unspecified atom stereocenters. The van der Waals surface area contributed by atoms with Gasteiger partial charge in [0.2, 0.25) is 0 Å². The molecule has 7 nitrogen and oxygen atoms in total. The van der Waals surface area contributed by atoms with Crippen LogP contribution in [0.3, 0.4) is 0 Å². The Balaban J connectivity index is -0.0000000533. The van der Waals surface area contributed by atoms with Crippen molar-refractivity contribution in [2.24, 2.45) is 0 Å². The molecule has 0 aromatic rings. The van der Waals surface area contributed by atoms with Crippen molar-refractivity contribution in [3.05, 3.63) is 0 Å². The van der Waals surface area contributed by atoms with Crippen molar-refractivity contribution in [3.8, 4) is 0 Å². The zero-order chi connectivity index (χ0) is 7.71. The van der Waals surface area contributed by atoms with Crippen molar-refractivity contribution >= 4 is 137 Å². The smallest absolute Gasteiger partial charge is 0.316 e. The Kier molecular flexibility index (Phi) is 29.8. The molecule has 0 aliphatic heterocycles. The van der Waals surface area contributed by atoms with Crippen LogP contribution in [0.2, 0.25) is 0 Å². The van der Waals surface area contributed by atoms with Crippen molar-refractivity contribution in [2.75, 3.05) is 0 Å². The summed E-state index contributed by atoms with van der Waals surface area (Å²) < 4.78 is 22.2. The predicted octanol–water partition coefficient (Wildman–Crippen LogP) is -4.48. The Morgan fingerprint density at radius 1 is 0.769 bits per heavy atom. The van der Waals surface area contributed by atoms with E-state index in [-0.39, 0.29) is 122 Å². The van der Waals surface area contributed by atoms with E-state index in [1.54, 1.807) is 0 Å². The average Bonchev–Trinajstić information content (AvgIpc) is 1.14. The van der Waals surface area contributed by atoms with Crippen LogP contribution in [0, 0.1) is 0 Å². The van der Waals surface area contributed by atoms with E-state index in [0.29, 0.717) is 0 Å². The molecule has 0 fully saturated rings. The minimum Gasteiger partial charge on any atom is 0.316 e. The van der Waals surface area contributed by atoms with E-state index in [4.69, 9.17) is 19.6 Å². The fraction of sp³-hybridized carbons (Fsp3) is 0. The number of rotatable bonds is 2. The molecule has 0 aromatic carbocycles. The van der Waals surface area contributed by atoms with Gasteiger partial charge in [-0.25, -0.2) is 9.13 Å². The minimum absolute atomic E-state index is 0. The van der Waals surface area contributed by atoms with E-state index >= 15 is 0 Å². The molecule has 0 aromatic heterocycles. The molecule has 0 heterocycles. The minimum atomic E-state index is -5.05. The molecule has 4 N–H and O–H groups in total. The summed E-state index contributed by atoms with van der Waals surface area (Å²) >= 11 is 0. The van der Waals surface area contributed by atoms with Crippen LogP contribution in [0.4, 0.5) is 0 Å². The largest absolute Gasteiger partial charge is 0.316 e. The second kappa shape index (κ2) is 12.8. The molecule has 0 atom stereocenters. The van der Waals surface area contributed by atoms with Gasteiger partial charge in [-0.15, -0.1) is 0 Å². The third kappa shape index (κ3) is 31.4. The van der Waals surface area contributed by atoms with Crippen LogP contribution in [-0.4, -0.2) is 141 Å². The molecule has 72 valence electrons. The number of phosphoric acid groups is 2. The van der Waals surface area contributed by atoms with E-state index in [0.717, 1.165) is 0 Å². The van der Waals surface area contributed by atoms with Gasteiger partial charge in [0.05, 0.1) is 0 Å². The van der Waals surface area contributed by atoms with E-state index in [1.807, 2.05) is 0 Å². The van der Waals surface area contributed by atoms with Crippen LogP contribution in [0.1, 0.15) is 0 Å². The monoisotopic (exact) mass is 314 g/mol. The first kappa shape index (κ1) is 30.4.